The van der Waals surface area contributed by atoms with Gasteiger partial charge in [-0.05, 0) is 102 Å². The summed E-state index contributed by atoms with van der Waals surface area (Å²) in [6, 6.07) is 31.0. The lowest BCUT2D eigenvalue weighted by atomic mass is 9.86. The number of rotatable bonds is 4. The van der Waals surface area contributed by atoms with Gasteiger partial charge in [0.1, 0.15) is 0 Å². The molecular formula is C35H29N. The van der Waals surface area contributed by atoms with Crippen molar-refractivity contribution in [3.63, 3.8) is 0 Å². The zero-order chi connectivity index (χ0) is 24.8. The summed E-state index contributed by atoms with van der Waals surface area (Å²) in [6.07, 6.45) is 6.07. The summed E-state index contributed by atoms with van der Waals surface area (Å²) in [5, 5.41) is 10.3. The molecule has 0 fully saturated rings. The maximum atomic E-state index is 6.04. The fraction of sp³-hybridized carbons (Fsp3) is 0.0857. The summed E-state index contributed by atoms with van der Waals surface area (Å²) in [5.41, 5.74) is 13.6. The molecule has 0 heterocycles. The average molecular weight is 464 g/mol. The van der Waals surface area contributed by atoms with E-state index in [0.29, 0.717) is 6.54 Å². The molecule has 36 heavy (non-hydrogen) atoms. The monoisotopic (exact) mass is 463 g/mol. The third kappa shape index (κ3) is 3.36. The number of hydrogen-bond donors (Lipinski definition) is 1. The summed E-state index contributed by atoms with van der Waals surface area (Å²) in [6.45, 7) is 8.94. The quantitative estimate of drug-likeness (QED) is 0.157. The van der Waals surface area contributed by atoms with Crippen molar-refractivity contribution in [3.8, 4) is 11.1 Å². The highest BCUT2D eigenvalue weighted by Crippen LogP contribution is 2.40. The minimum atomic E-state index is 0.541. The normalized spacial score (nSPS) is 11.9. The van der Waals surface area contributed by atoms with Crippen LogP contribution in [0.4, 0.5) is 0 Å². The summed E-state index contributed by atoms with van der Waals surface area (Å²) in [4.78, 5) is 0. The van der Waals surface area contributed by atoms with Crippen LogP contribution >= 0.6 is 0 Å². The van der Waals surface area contributed by atoms with E-state index in [0.717, 1.165) is 0 Å². The Morgan fingerprint density at radius 1 is 0.694 bits per heavy atom. The molecule has 6 rings (SSSR count). The highest BCUT2D eigenvalue weighted by Gasteiger charge is 2.15. The standard InChI is InChI=1S/C35H29N/c1-4-5-10-27-22(2)35-23(3)33-19-24(29-18-17-26(21-36)28-11-6-7-13-31(28)29)15-16-25(33)20-34(35)32-14-9-8-12-30(27)32/h4-20H,1,21,36H2,2-3H3/b10-5-. The van der Waals surface area contributed by atoms with Crippen LogP contribution in [-0.4, -0.2) is 0 Å². The van der Waals surface area contributed by atoms with E-state index in [1.807, 2.05) is 12.2 Å². The Bertz CT molecular complexity index is 1850. The molecule has 0 saturated heterocycles. The van der Waals surface area contributed by atoms with Crippen LogP contribution in [0.5, 0.6) is 0 Å². The Labute approximate surface area is 212 Å². The van der Waals surface area contributed by atoms with Crippen molar-refractivity contribution in [1.29, 1.82) is 0 Å². The minimum Gasteiger partial charge on any atom is -0.326 e. The third-order valence-electron chi connectivity index (χ3n) is 7.63. The van der Waals surface area contributed by atoms with E-state index in [2.05, 4.69) is 111 Å². The van der Waals surface area contributed by atoms with Gasteiger partial charge in [0.05, 0.1) is 0 Å². The molecule has 0 unspecified atom stereocenters. The van der Waals surface area contributed by atoms with E-state index < -0.39 is 0 Å². The summed E-state index contributed by atoms with van der Waals surface area (Å²) in [7, 11) is 0. The molecule has 6 aromatic rings. The van der Waals surface area contributed by atoms with Crippen molar-refractivity contribution < 1.29 is 0 Å². The Hall–Kier alpha value is -4.20. The second kappa shape index (κ2) is 8.78. The predicted octanol–water partition coefficient (Wildman–Crippen LogP) is 9.24. The first-order chi connectivity index (χ1) is 17.6. The Kier molecular flexibility index (Phi) is 5.44. The number of hydrogen-bond acceptors (Lipinski definition) is 1. The lowest BCUT2D eigenvalue weighted by Crippen LogP contribution is -1.97. The first-order valence-corrected chi connectivity index (χ1v) is 12.5. The van der Waals surface area contributed by atoms with Crippen LogP contribution in [0, 0.1) is 13.8 Å². The van der Waals surface area contributed by atoms with Crippen molar-refractivity contribution in [1.82, 2.24) is 0 Å². The fourth-order valence-corrected chi connectivity index (χ4v) is 5.89. The predicted molar refractivity (Wildman–Crippen MR) is 158 cm³/mol. The number of fused-ring (bicyclic) bond motifs is 5. The molecule has 1 heteroatoms. The van der Waals surface area contributed by atoms with Crippen molar-refractivity contribution in [2.45, 2.75) is 20.4 Å². The molecule has 0 amide bonds. The van der Waals surface area contributed by atoms with Gasteiger partial charge < -0.3 is 5.73 Å². The molecule has 0 atom stereocenters. The molecule has 1 nitrogen and oxygen atoms in total. The van der Waals surface area contributed by atoms with Gasteiger partial charge in [0.2, 0.25) is 0 Å². The molecule has 6 aromatic carbocycles. The Balaban J connectivity index is 1.68. The van der Waals surface area contributed by atoms with Gasteiger partial charge in [0.25, 0.3) is 0 Å². The summed E-state index contributed by atoms with van der Waals surface area (Å²) >= 11 is 0. The first-order valence-electron chi connectivity index (χ1n) is 12.5. The molecule has 0 aliphatic carbocycles. The zero-order valence-corrected chi connectivity index (χ0v) is 20.8. The van der Waals surface area contributed by atoms with E-state index in [1.165, 1.54) is 76.5 Å². The van der Waals surface area contributed by atoms with Crippen LogP contribution < -0.4 is 5.73 Å². The van der Waals surface area contributed by atoms with Gasteiger partial charge >= 0.3 is 0 Å². The lowest BCUT2D eigenvalue weighted by Gasteiger charge is -2.17. The molecule has 0 radical (unpaired) electrons. The average Bonchev–Trinajstić information content (AvgIpc) is 2.92. The fourth-order valence-electron chi connectivity index (χ4n) is 5.89. The van der Waals surface area contributed by atoms with E-state index in [1.54, 1.807) is 0 Å². The molecule has 0 aromatic heterocycles. The molecule has 0 aliphatic heterocycles. The van der Waals surface area contributed by atoms with Crippen molar-refractivity contribution in [2.75, 3.05) is 0 Å². The minimum absolute atomic E-state index is 0.541. The highest BCUT2D eigenvalue weighted by atomic mass is 14.5. The van der Waals surface area contributed by atoms with Crippen LogP contribution in [-0.2, 0) is 6.54 Å². The second-order valence-corrected chi connectivity index (χ2v) is 9.56. The van der Waals surface area contributed by atoms with E-state index >= 15 is 0 Å². The topological polar surface area (TPSA) is 26.0 Å². The number of aryl methyl sites for hydroxylation is 2. The molecule has 174 valence electrons. The Morgan fingerprint density at radius 3 is 2.17 bits per heavy atom. The van der Waals surface area contributed by atoms with Gasteiger partial charge in [0.15, 0.2) is 0 Å². The van der Waals surface area contributed by atoms with Crippen LogP contribution in [0.2, 0.25) is 0 Å². The van der Waals surface area contributed by atoms with Gasteiger partial charge in [-0.15, -0.1) is 0 Å². The zero-order valence-electron chi connectivity index (χ0n) is 20.8. The number of benzene rings is 6. The first kappa shape index (κ1) is 22.3. The van der Waals surface area contributed by atoms with Crippen LogP contribution in [0.15, 0.2) is 104 Å². The molecular weight excluding hydrogens is 434 g/mol. The molecule has 2 N–H and O–H groups in total. The number of allylic oxidation sites excluding steroid dienone is 2. The summed E-state index contributed by atoms with van der Waals surface area (Å²) < 4.78 is 0. The third-order valence-corrected chi connectivity index (χ3v) is 7.63. The second-order valence-electron chi connectivity index (χ2n) is 9.56. The maximum Gasteiger partial charge on any atom is 0.0184 e. The van der Waals surface area contributed by atoms with Crippen LogP contribution in [0.3, 0.4) is 0 Å². The van der Waals surface area contributed by atoms with Crippen molar-refractivity contribution in [2.24, 2.45) is 5.73 Å². The largest absolute Gasteiger partial charge is 0.326 e. The smallest absolute Gasteiger partial charge is 0.0184 e. The SMILES string of the molecule is C=C/C=C\c1c(C)c2c(C)c3cc(-c4ccc(CN)c5ccccc45)ccc3cc2c2ccccc12. The van der Waals surface area contributed by atoms with Gasteiger partial charge in [0, 0.05) is 6.54 Å². The molecule has 0 aliphatic rings. The van der Waals surface area contributed by atoms with Gasteiger partial charge in [-0.1, -0.05) is 97.6 Å². The molecule has 0 saturated carbocycles. The van der Waals surface area contributed by atoms with E-state index in [9.17, 15) is 0 Å². The van der Waals surface area contributed by atoms with Crippen molar-refractivity contribution >= 4 is 49.2 Å². The lowest BCUT2D eigenvalue weighted by molar-refractivity contribution is 1.09. The summed E-state index contributed by atoms with van der Waals surface area (Å²) in [5.74, 6) is 0. The van der Waals surface area contributed by atoms with Crippen LogP contribution in [0.1, 0.15) is 22.3 Å². The van der Waals surface area contributed by atoms with E-state index in [-0.39, 0.29) is 0 Å². The van der Waals surface area contributed by atoms with Crippen LogP contribution in [0.25, 0.3) is 60.3 Å². The molecule has 0 spiro atoms. The highest BCUT2D eigenvalue weighted by molar-refractivity contribution is 6.18. The van der Waals surface area contributed by atoms with Crippen molar-refractivity contribution in [3.05, 3.63) is 126 Å². The molecule has 0 bridgehead atoms. The van der Waals surface area contributed by atoms with Gasteiger partial charge in [-0.25, -0.2) is 0 Å². The Morgan fingerprint density at radius 2 is 1.42 bits per heavy atom. The van der Waals surface area contributed by atoms with E-state index in [4.69, 9.17) is 5.73 Å². The van der Waals surface area contributed by atoms with Gasteiger partial charge in [-0.3, -0.25) is 0 Å². The maximum absolute atomic E-state index is 6.04. The van der Waals surface area contributed by atoms with Gasteiger partial charge in [-0.2, -0.15) is 0 Å². The number of nitrogens with two attached hydrogens (primary N) is 1.